The number of nitrogens with one attached hydrogen (secondary N) is 1. The number of thiophene rings is 1. The zero-order chi connectivity index (χ0) is 20.5. The van der Waals surface area contributed by atoms with Crippen molar-refractivity contribution in [1.82, 2.24) is 19.3 Å². The first-order valence-corrected chi connectivity index (χ1v) is 10.1. The Bertz CT molecular complexity index is 1250. The van der Waals surface area contributed by atoms with Gasteiger partial charge in [0.2, 0.25) is 5.91 Å². The van der Waals surface area contributed by atoms with Gasteiger partial charge >= 0.3 is 0 Å². The van der Waals surface area contributed by atoms with Gasteiger partial charge in [0, 0.05) is 37.0 Å². The molecular weight excluding hydrogens is 386 g/mol. The highest BCUT2D eigenvalue weighted by atomic mass is 32.1. The number of carbonyl (C=O) groups excluding carboxylic acids is 1. The molecule has 0 aliphatic heterocycles. The van der Waals surface area contributed by atoms with E-state index in [9.17, 15) is 9.59 Å². The Hall–Kier alpha value is -3.26. The molecule has 4 aromatic rings. The molecule has 0 saturated heterocycles. The molecule has 1 N–H and O–H groups in total. The van der Waals surface area contributed by atoms with E-state index in [0.717, 1.165) is 16.8 Å². The second-order valence-corrected chi connectivity index (χ2v) is 7.89. The molecule has 0 aliphatic rings. The van der Waals surface area contributed by atoms with E-state index in [1.54, 1.807) is 17.8 Å². The molecule has 1 amide bonds. The van der Waals surface area contributed by atoms with Gasteiger partial charge in [0.1, 0.15) is 10.6 Å². The molecular formula is C21H21N5O2S. The molecule has 0 bridgehead atoms. The molecule has 0 spiro atoms. The summed E-state index contributed by atoms with van der Waals surface area (Å²) in [6, 6.07) is 9.88. The van der Waals surface area contributed by atoms with Crippen molar-refractivity contribution in [3.05, 3.63) is 63.7 Å². The van der Waals surface area contributed by atoms with E-state index in [0.29, 0.717) is 16.0 Å². The van der Waals surface area contributed by atoms with Gasteiger partial charge < -0.3 is 5.32 Å². The van der Waals surface area contributed by atoms with Crippen LogP contribution in [0.5, 0.6) is 0 Å². The van der Waals surface area contributed by atoms with Gasteiger partial charge in [-0.25, -0.2) is 4.98 Å². The Morgan fingerprint density at radius 3 is 2.66 bits per heavy atom. The van der Waals surface area contributed by atoms with Crippen molar-refractivity contribution in [1.29, 1.82) is 0 Å². The van der Waals surface area contributed by atoms with Gasteiger partial charge in [0.05, 0.1) is 17.4 Å². The number of hydrogen-bond donors (Lipinski definition) is 1. The monoisotopic (exact) mass is 407 g/mol. The number of rotatable bonds is 5. The molecule has 0 atom stereocenters. The van der Waals surface area contributed by atoms with Crippen molar-refractivity contribution in [3.63, 3.8) is 0 Å². The Balaban J connectivity index is 1.57. The van der Waals surface area contributed by atoms with Crippen LogP contribution in [0.25, 0.3) is 21.3 Å². The maximum Gasteiger partial charge on any atom is 0.262 e. The SMILES string of the molecule is Cc1ccc(-c2csc3ncn(CCC(=O)Nc4cc(C)nn4C)c(=O)c23)cc1. The lowest BCUT2D eigenvalue weighted by molar-refractivity contribution is -0.116. The fourth-order valence-electron chi connectivity index (χ4n) is 3.23. The van der Waals surface area contributed by atoms with Crippen LogP contribution in [0.1, 0.15) is 17.7 Å². The molecule has 1 aromatic carbocycles. The van der Waals surface area contributed by atoms with Gasteiger partial charge in [-0.2, -0.15) is 5.10 Å². The Kier molecular flexibility index (Phi) is 5.02. The number of anilines is 1. The molecule has 29 heavy (non-hydrogen) atoms. The van der Waals surface area contributed by atoms with E-state index in [4.69, 9.17) is 0 Å². The average Bonchev–Trinajstić information content (AvgIpc) is 3.25. The van der Waals surface area contributed by atoms with Crippen LogP contribution in [0.3, 0.4) is 0 Å². The summed E-state index contributed by atoms with van der Waals surface area (Å²) in [5.41, 5.74) is 3.73. The first-order chi connectivity index (χ1) is 13.9. The van der Waals surface area contributed by atoms with Crippen molar-refractivity contribution in [3.8, 4) is 11.1 Å². The minimum Gasteiger partial charge on any atom is -0.311 e. The van der Waals surface area contributed by atoms with Gasteiger partial charge in [0.15, 0.2) is 0 Å². The van der Waals surface area contributed by atoms with Crippen molar-refractivity contribution in [2.24, 2.45) is 7.05 Å². The fraction of sp³-hybridized carbons (Fsp3) is 0.238. The Morgan fingerprint density at radius 1 is 1.21 bits per heavy atom. The Morgan fingerprint density at radius 2 is 1.97 bits per heavy atom. The van der Waals surface area contributed by atoms with Crippen LogP contribution < -0.4 is 10.9 Å². The predicted molar refractivity (Wildman–Crippen MR) is 115 cm³/mol. The molecule has 148 valence electrons. The van der Waals surface area contributed by atoms with Crippen LogP contribution in [0, 0.1) is 13.8 Å². The van der Waals surface area contributed by atoms with Crippen LogP contribution in [-0.4, -0.2) is 25.2 Å². The van der Waals surface area contributed by atoms with Crippen molar-refractivity contribution < 1.29 is 4.79 Å². The molecule has 3 heterocycles. The fourth-order valence-corrected chi connectivity index (χ4v) is 4.13. The second-order valence-electron chi connectivity index (χ2n) is 7.03. The highest BCUT2D eigenvalue weighted by Crippen LogP contribution is 2.30. The number of hydrogen-bond acceptors (Lipinski definition) is 5. The van der Waals surface area contributed by atoms with Gasteiger partial charge in [-0.3, -0.25) is 18.8 Å². The molecule has 0 aliphatic carbocycles. The molecule has 4 rings (SSSR count). The van der Waals surface area contributed by atoms with Crippen LogP contribution >= 0.6 is 11.3 Å². The summed E-state index contributed by atoms with van der Waals surface area (Å²) in [6.45, 7) is 4.15. The van der Waals surface area contributed by atoms with Crippen molar-refractivity contribution in [2.75, 3.05) is 5.32 Å². The number of amides is 1. The molecule has 0 fully saturated rings. The predicted octanol–water partition coefficient (Wildman–Crippen LogP) is 3.50. The quantitative estimate of drug-likeness (QED) is 0.549. The minimum absolute atomic E-state index is 0.129. The van der Waals surface area contributed by atoms with E-state index in [1.165, 1.54) is 27.8 Å². The third-order valence-electron chi connectivity index (χ3n) is 4.77. The zero-order valence-corrected chi connectivity index (χ0v) is 17.3. The molecule has 7 nitrogen and oxygen atoms in total. The zero-order valence-electron chi connectivity index (χ0n) is 16.5. The first kappa shape index (κ1) is 19.1. The van der Waals surface area contributed by atoms with Gasteiger partial charge in [-0.15, -0.1) is 11.3 Å². The summed E-state index contributed by atoms with van der Waals surface area (Å²) in [6.07, 6.45) is 1.68. The van der Waals surface area contributed by atoms with Crippen molar-refractivity contribution >= 4 is 33.3 Å². The average molecular weight is 407 g/mol. The minimum atomic E-state index is -0.177. The summed E-state index contributed by atoms with van der Waals surface area (Å²) in [5.74, 6) is 0.456. The van der Waals surface area contributed by atoms with Crippen LogP contribution in [0.15, 0.2) is 46.8 Å². The summed E-state index contributed by atoms with van der Waals surface area (Å²) >= 11 is 1.45. The normalized spacial score (nSPS) is 11.1. The molecule has 0 saturated carbocycles. The van der Waals surface area contributed by atoms with Gasteiger partial charge in [-0.1, -0.05) is 29.8 Å². The van der Waals surface area contributed by atoms with Gasteiger partial charge in [-0.05, 0) is 19.4 Å². The van der Waals surface area contributed by atoms with E-state index >= 15 is 0 Å². The van der Waals surface area contributed by atoms with E-state index < -0.39 is 0 Å². The van der Waals surface area contributed by atoms with E-state index in [1.807, 2.05) is 43.5 Å². The number of aromatic nitrogens is 4. The lowest BCUT2D eigenvalue weighted by atomic mass is 10.1. The molecule has 3 aromatic heterocycles. The lowest BCUT2D eigenvalue weighted by Gasteiger charge is -2.08. The third kappa shape index (κ3) is 3.84. The van der Waals surface area contributed by atoms with Crippen LogP contribution in [-0.2, 0) is 18.4 Å². The second kappa shape index (κ2) is 7.63. The molecule has 0 unspecified atom stereocenters. The summed E-state index contributed by atoms with van der Waals surface area (Å²) in [7, 11) is 1.77. The smallest absolute Gasteiger partial charge is 0.262 e. The number of aryl methyl sites for hydroxylation is 4. The largest absolute Gasteiger partial charge is 0.311 e. The number of nitrogens with zero attached hydrogens (tertiary/aromatic N) is 4. The van der Waals surface area contributed by atoms with E-state index in [-0.39, 0.29) is 24.4 Å². The maximum atomic E-state index is 13.1. The molecule has 0 radical (unpaired) electrons. The van der Waals surface area contributed by atoms with Crippen molar-refractivity contribution in [2.45, 2.75) is 26.8 Å². The standard InChI is InChI=1S/C21H21N5O2S/c1-13-4-6-15(7-5-13)16-11-29-20-19(16)21(28)26(12-22-20)9-8-18(27)23-17-10-14(2)24-25(17)3/h4-7,10-12H,8-9H2,1-3H3,(H,23,27). The Labute approximate surface area is 171 Å². The topological polar surface area (TPSA) is 81.8 Å². The first-order valence-electron chi connectivity index (χ1n) is 9.26. The van der Waals surface area contributed by atoms with E-state index in [2.05, 4.69) is 15.4 Å². The number of carbonyl (C=O) groups is 1. The lowest BCUT2D eigenvalue weighted by Crippen LogP contribution is -2.24. The molecule has 8 heteroatoms. The van der Waals surface area contributed by atoms with Gasteiger partial charge in [0.25, 0.3) is 5.56 Å². The highest BCUT2D eigenvalue weighted by Gasteiger charge is 2.14. The number of benzene rings is 1. The summed E-state index contributed by atoms with van der Waals surface area (Å²) in [4.78, 5) is 30.5. The summed E-state index contributed by atoms with van der Waals surface area (Å²) < 4.78 is 3.12. The van der Waals surface area contributed by atoms with Crippen LogP contribution in [0.4, 0.5) is 5.82 Å². The number of fused-ring (bicyclic) bond motifs is 1. The van der Waals surface area contributed by atoms with Crippen LogP contribution in [0.2, 0.25) is 0 Å². The third-order valence-corrected chi connectivity index (χ3v) is 5.66. The maximum absolute atomic E-state index is 13.1. The highest BCUT2D eigenvalue weighted by molar-refractivity contribution is 7.17. The summed E-state index contributed by atoms with van der Waals surface area (Å²) in [5, 5.41) is 9.59.